The maximum absolute atomic E-state index is 13.3. The number of anilines is 1. The topological polar surface area (TPSA) is 84.9 Å². The maximum Gasteiger partial charge on any atom is 0.264 e. The van der Waals surface area contributed by atoms with Gasteiger partial charge in [0.15, 0.2) is 11.5 Å². The zero-order chi connectivity index (χ0) is 21.0. The van der Waals surface area contributed by atoms with Crippen LogP contribution in [0.3, 0.4) is 0 Å². The summed E-state index contributed by atoms with van der Waals surface area (Å²) in [5.41, 5.74) is 0.338. The van der Waals surface area contributed by atoms with Crippen molar-refractivity contribution < 1.29 is 22.7 Å². The van der Waals surface area contributed by atoms with Gasteiger partial charge < -0.3 is 14.8 Å². The van der Waals surface area contributed by atoms with Crippen LogP contribution in [0.1, 0.15) is 20.8 Å². The monoisotopic (exact) mass is 418 g/mol. The molecule has 1 unspecified atom stereocenters. The van der Waals surface area contributed by atoms with E-state index in [4.69, 9.17) is 9.47 Å². The van der Waals surface area contributed by atoms with E-state index in [-0.39, 0.29) is 29.3 Å². The zero-order valence-corrected chi connectivity index (χ0v) is 17.6. The van der Waals surface area contributed by atoms with Crippen molar-refractivity contribution in [1.82, 2.24) is 5.32 Å². The SMILES string of the molecule is CC(C)C(C)NC(=O)CN(c1ccc2c(c1)OCCO2)S(=O)(=O)c1ccccc1. The minimum Gasteiger partial charge on any atom is -0.486 e. The lowest BCUT2D eigenvalue weighted by molar-refractivity contribution is -0.120. The van der Waals surface area contributed by atoms with Crippen molar-refractivity contribution in [3.63, 3.8) is 0 Å². The van der Waals surface area contributed by atoms with E-state index in [9.17, 15) is 13.2 Å². The Hall–Kier alpha value is -2.74. The van der Waals surface area contributed by atoms with E-state index in [1.54, 1.807) is 36.4 Å². The van der Waals surface area contributed by atoms with Crippen molar-refractivity contribution in [2.75, 3.05) is 24.1 Å². The Labute approximate surface area is 171 Å². The summed E-state index contributed by atoms with van der Waals surface area (Å²) in [5, 5.41) is 2.86. The molecule has 2 aromatic rings. The van der Waals surface area contributed by atoms with Crippen LogP contribution in [0.5, 0.6) is 11.5 Å². The molecule has 0 saturated carbocycles. The summed E-state index contributed by atoms with van der Waals surface area (Å²) in [6, 6.07) is 12.8. The molecule has 156 valence electrons. The first-order valence-corrected chi connectivity index (χ1v) is 11.0. The van der Waals surface area contributed by atoms with Crippen LogP contribution in [-0.2, 0) is 14.8 Å². The van der Waals surface area contributed by atoms with Gasteiger partial charge >= 0.3 is 0 Å². The average molecular weight is 419 g/mol. The van der Waals surface area contributed by atoms with Gasteiger partial charge in [0.05, 0.1) is 10.6 Å². The van der Waals surface area contributed by atoms with Gasteiger partial charge in [-0.25, -0.2) is 8.42 Å². The van der Waals surface area contributed by atoms with Gasteiger partial charge in [-0.05, 0) is 37.1 Å². The predicted molar refractivity (Wildman–Crippen MR) is 111 cm³/mol. The minimum absolute atomic E-state index is 0.0796. The highest BCUT2D eigenvalue weighted by Crippen LogP contribution is 2.35. The summed E-state index contributed by atoms with van der Waals surface area (Å²) in [7, 11) is -3.96. The first-order valence-electron chi connectivity index (χ1n) is 9.56. The molecule has 0 aliphatic carbocycles. The number of hydrogen-bond acceptors (Lipinski definition) is 5. The Kier molecular flexibility index (Phi) is 6.32. The molecule has 7 nitrogen and oxygen atoms in total. The second-order valence-electron chi connectivity index (χ2n) is 7.25. The Bertz CT molecular complexity index is 960. The number of fused-ring (bicyclic) bond motifs is 1. The lowest BCUT2D eigenvalue weighted by atomic mass is 10.1. The van der Waals surface area contributed by atoms with Gasteiger partial charge in [0, 0.05) is 12.1 Å². The van der Waals surface area contributed by atoms with Gasteiger partial charge in [-0.2, -0.15) is 0 Å². The van der Waals surface area contributed by atoms with Crippen LogP contribution in [0.4, 0.5) is 5.69 Å². The Morgan fingerprint density at radius 2 is 1.69 bits per heavy atom. The number of carbonyl (C=O) groups excluding carboxylic acids is 1. The largest absolute Gasteiger partial charge is 0.486 e. The summed E-state index contributed by atoms with van der Waals surface area (Å²) in [4.78, 5) is 12.7. The van der Waals surface area contributed by atoms with E-state index in [2.05, 4.69) is 5.32 Å². The van der Waals surface area contributed by atoms with Crippen molar-refractivity contribution in [3.8, 4) is 11.5 Å². The Morgan fingerprint density at radius 3 is 2.34 bits per heavy atom. The number of amides is 1. The summed E-state index contributed by atoms with van der Waals surface area (Å²) in [5.74, 6) is 0.862. The minimum atomic E-state index is -3.96. The molecule has 1 amide bonds. The van der Waals surface area contributed by atoms with Crippen molar-refractivity contribution in [3.05, 3.63) is 48.5 Å². The van der Waals surface area contributed by atoms with E-state index < -0.39 is 10.0 Å². The van der Waals surface area contributed by atoms with Crippen molar-refractivity contribution >= 4 is 21.6 Å². The molecular formula is C21H26N2O5S. The fraction of sp³-hybridized carbons (Fsp3) is 0.381. The van der Waals surface area contributed by atoms with Crippen LogP contribution in [0.2, 0.25) is 0 Å². The van der Waals surface area contributed by atoms with Crippen molar-refractivity contribution in [1.29, 1.82) is 0 Å². The molecule has 1 aliphatic rings. The number of sulfonamides is 1. The van der Waals surface area contributed by atoms with Gasteiger partial charge in [0.2, 0.25) is 5.91 Å². The third-order valence-electron chi connectivity index (χ3n) is 4.82. The molecule has 1 atom stereocenters. The van der Waals surface area contributed by atoms with E-state index in [0.29, 0.717) is 30.4 Å². The lowest BCUT2D eigenvalue weighted by Crippen LogP contribution is -2.45. The van der Waals surface area contributed by atoms with Gasteiger partial charge in [0.25, 0.3) is 10.0 Å². The highest BCUT2D eigenvalue weighted by molar-refractivity contribution is 7.92. The number of benzene rings is 2. The lowest BCUT2D eigenvalue weighted by Gasteiger charge is -2.27. The Balaban J connectivity index is 1.97. The second-order valence-corrected chi connectivity index (χ2v) is 9.12. The summed E-state index contributed by atoms with van der Waals surface area (Å²) in [6.07, 6.45) is 0. The second kappa shape index (κ2) is 8.73. The molecule has 0 saturated heterocycles. The highest BCUT2D eigenvalue weighted by Gasteiger charge is 2.29. The fourth-order valence-electron chi connectivity index (χ4n) is 2.82. The highest BCUT2D eigenvalue weighted by atomic mass is 32.2. The Morgan fingerprint density at radius 1 is 1.03 bits per heavy atom. The summed E-state index contributed by atoms with van der Waals surface area (Å²) >= 11 is 0. The number of hydrogen-bond donors (Lipinski definition) is 1. The van der Waals surface area contributed by atoms with E-state index >= 15 is 0 Å². The van der Waals surface area contributed by atoms with Crippen LogP contribution < -0.4 is 19.1 Å². The smallest absolute Gasteiger partial charge is 0.264 e. The normalized spacial score (nSPS) is 14.3. The van der Waals surface area contributed by atoms with Crippen LogP contribution in [0.25, 0.3) is 0 Å². The van der Waals surface area contributed by atoms with Crippen molar-refractivity contribution in [2.24, 2.45) is 5.92 Å². The van der Waals surface area contributed by atoms with Crippen molar-refractivity contribution in [2.45, 2.75) is 31.7 Å². The summed E-state index contributed by atoms with van der Waals surface area (Å²) < 4.78 is 38.9. The van der Waals surface area contributed by atoms with E-state index in [1.165, 1.54) is 12.1 Å². The third kappa shape index (κ3) is 4.82. The van der Waals surface area contributed by atoms with E-state index in [0.717, 1.165) is 4.31 Å². The number of rotatable bonds is 7. The molecule has 0 spiro atoms. The molecule has 2 aromatic carbocycles. The third-order valence-corrected chi connectivity index (χ3v) is 6.61. The predicted octanol–water partition coefficient (Wildman–Crippen LogP) is 2.81. The van der Waals surface area contributed by atoms with Gasteiger partial charge in [-0.15, -0.1) is 0 Å². The molecule has 3 rings (SSSR count). The molecule has 1 aliphatic heterocycles. The number of nitrogens with one attached hydrogen (secondary N) is 1. The van der Waals surface area contributed by atoms with Crippen LogP contribution in [-0.4, -0.2) is 40.1 Å². The number of nitrogens with zero attached hydrogens (tertiary/aromatic N) is 1. The summed E-state index contributed by atoms with van der Waals surface area (Å²) in [6.45, 7) is 6.35. The van der Waals surface area contributed by atoms with Gasteiger partial charge in [-0.3, -0.25) is 9.10 Å². The average Bonchev–Trinajstić information content (AvgIpc) is 2.72. The molecular weight excluding hydrogens is 392 g/mol. The molecule has 1 heterocycles. The van der Waals surface area contributed by atoms with E-state index in [1.807, 2.05) is 20.8 Å². The van der Waals surface area contributed by atoms with Crippen LogP contribution in [0, 0.1) is 5.92 Å². The van der Waals surface area contributed by atoms with Crippen LogP contribution >= 0.6 is 0 Å². The van der Waals surface area contributed by atoms with Crippen LogP contribution in [0.15, 0.2) is 53.4 Å². The molecule has 0 fully saturated rings. The van der Waals surface area contributed by atoms with Gasteiger partial charge in [-0.1, -0.05) is 32.0 Å². The zero-order valence-electron chi connectivity index (χ0n) is 16.8. The maximum atomic E-state index is 13.3. The van der Waals surface area contributed by atoms with Gasteiger partial charge in [0.1, 0.15) is 19.8 Å². The quantitative estimate of drug-likeness (QED) is 0.747. The molecule has 1 N–H and O–H groups in total. The molecule has 29 heavy (non-hydrogen) atoms. The molecule has 8 heteroatoms. The fourth-order valence-corrected chi connectivity index (χ4v) is 4.25. The first-order chi connectivity index (χ1) is 13.8. The standard InChI is InChI=1S/C21H26N2O5S/c1-15(2)16(3)22-21(24)14-23(29(25,26)18-7-5-4-6-8-18)17-9-10-19-20(13-17)28-12-11-27-19/h4-10,13,15-16H,11-12,14H2,1-3H3,(H,22,24). The number of carbonyl (C=O) groups is 1. The molecule has 0 bridgehead atoms. The molecule has 0 radical (unpaired) electrons. The first kappa shape index (κ1) is 21.0. The number of ether oxygens (including phenoxy) is 2. The molecule has 0 aromatic heterocycles.